The molecule has 0 saturated carbocycles. The van der Waals surface area contributed by atoms with E-state index in [0.717, 1.165) is 17.7 Å². The van der Waals surface area contributed by atoms with Gasteiger partial charge >= 0.3 is 11.9 Å². The molecule has 1 aromatic rings. The molecule has 0 atom stereocenters. The third-order valence-corrected chi connectivity index (χ3v) is 5.15. The van der Waals surface area contributed by atoms with Gasteiger partial charge in [-0.1, -0.05) is 29.8 Å². The minimum Gasteiger partial charge on any atom is -0.478 e. The molecular formula is C17H21NO6S. The summed E-state index contributed by atoms with van der Waals surface area (Å²) in [7, 11) is -3.77. The zero-order valence-electron chi connectivity index (χ0n) is 13.8. The van der Waals surface area contributed by atoms with E-state index in [1.54, 1.807) is 12.1 Å². The summed E-state index contributed by atoms with van der Waals surface area (Å²) in [6, 6.07) is 6.38. The Labute approximate surface area is 146 Å². The minimum absolute atomic E-state index is 0.0782. The zero-order chi connectivity index (χ0) is 18.9. The lowest BCUT2D eigenvalue weighted by Gasteiger charge is -2.20. The van der Waals surface area contributed by atoms with E-state index in [4.69, 9.17) is 10.2 Å². The van der Waals surface area contributed by atoms with Crippen molar-refractivity contribution in [2.24, 2.45) is 0 Å². The fourth-order valence-electron chi connectivity index (χ4n) is 2.01. The summed E-state index contributed by atoms with van der Waals surface area (Å²) in [5, 5.41) is 17.2. The summed E-state index contributed by atoms with van der Waals surface area (Å²) in [5.41, 5.74) is 0.926. The minimum atomic E-state index is -3.77. The molecule has 2 N–H and O–H groups in total. The molecule has 0 unspecified atom stereocenters. The number of hydrogen-bond acceptors (Lipinski definition) is 4. The number of hydrogen-bond donors (Lipinski definition) is 2. The molecule has 25 heavy (non-hydrogen) atoms. The van der Waals surface area contributed by atoms with Gasteiger partial charge in [0.25, 0.3) is 0 Å². The molecule has 0 aliphatic rings. The SMILES string of the molecule is Cc1ccc(S(=O)(=O)N(C/C=C/C(=O)O)CCC/C=C/C(=O)O)cc1. The van der Waals surface area contributed by atoms with Gasteiger partial charge in [0.1, 0.15) is 0 Å². The van der Waals surface area contributed by atoms with Crippen LogP contribution in [0.2, 0.25) is 0 Å². The molecule has 0 bridgehead atoms. The number of aliphatic carboxylic acids is 2. The summed E-state index contributed by atoms with van der Waals surface area (Å²) < 4.78 is 26.6. The predicted octanol–water partition coefficient (Wildman–Crippen LogP) is 2.05. The Hall–Kier alpha value is -2.45. The van der Waals surface area contributed by atoms with Crippen LogP contribution in [0.3, 0.4) is 0 Å². The number of carboxylic acid groups (broad SMARTS) is 2. The summed E-state index contributed by atoms with van der Waals surface area (Å²) in [4.78, 5) is 21.1. The first-order valence-electron chi connectivity index (χ1n) is 7.59. The number of aryl methyl sites for hydroxylation is 1. The molecule has 0 amide bonds. The second-order valence-electron chi connectivity index (χ2n) is 5.30. The zero-order valence-corrected chi connectivity index (χ0v) is 14.6. The van der Waals surface area contributed by atoms with Crippen molar-refractivity contribution in [3.63, 3.8) is 0 Å². The van der Waals surface area contributed by atoms with Gasteiger partial charge in [-0.15, -0.1) is 0 Å². The van der Waals surface area contributed by atoms with Gasteiger partial charge in [0.15, 0.2) is 0 Å². The van der Waals surface area contributed by atoms with Gasteiger partial charge in [-0.2, -0.15) is 4.31 Å². The van der Waals surface area contributed by atoms with Crippen LogP contribution in [0.1, 0.15) is 18.4 Å². The van der Waals surface area contributed by atoms with Crippen LogP contribution in [-0.2, 0) is 19.6 Å². The van der Waals surface area contributed by atoms with E-state index in [0.29, 0.717) is 12.8 Å². The molecule has 1 rings (SSSR count). The van der Waals surface area contributed by atoms with Crippen molar-refractivity contribution in [2.75, 3.05) is 13.1 Å². The maximum absolute atomic E-state index is 12.7. The van der Waals surface area contributed by atoms with Gasteiger partial charge in [-0.05, 0) is 31.9 Å². The van der Waals surface area contributed by atoms with Gasteiger partial charge in [0.05, 0.1) is 4.90 Å². The Kier molecular flexibility index (Phi) is 8.03. The largest absolute Gasteiger partial charge is 0.478 e. The Morgan fingerprint density at radius 2 is 1.60 bits per heavy atom. The van der Waals surface area contributed by atoms with Crippen molar-refractivity contribution in [3.05, 3.63) is 54.1 Å². The van der Waals surface area contributed by atoms with Crippen LogP contribution in [0.25, 0.3) is 0 Å². The van der Waals surface area contributed by atoms with Crippen LogP contribution in [0.15, 0.2) is 53.5 Å². The monoisotopic (exact) mass is 367 g/mol. The summed E-state index contributed by atoms with van der Waals surface area (Å²) in [6.07, 6.45) is 5.42. The summed E-state index contributed by atoms with van der Waals surface area (Å²) >= 11 is 0. The number of allylic oxidation sites excluding steroid dienone is 1. The fraction of sp³-hybridized carbons (Fsp3) is 0.294. The number of carbonyl (C=O) groups is 2. The van der Waals surface area contributed by atoms with Crippen molar-refractivity contribution >= 4 is 22.0 Å². The topological polar surface area (TPSA) is 112 Å². The first-order valence-corrected chi connectivity index (χ1v) is 9.03. The number of rotatable bonds is 10. The van der Waals surface area contributed by atoms with E-state index >= 15 is 0 Å². The van der Waals surface area contributed by atoms with Gasteiger partial charge in [-0.3, -0.25) is 0 Å². The lowest BCUT2D eigenvalue weighted by atomic mass is 10.2. The highest BCUT2D eigenvalue weighted by molar-refractivity contribution is 7.89. The Bertz CT molecular complexity index is 750. The van der Waals surface area contributed by atoms with E-state index < -0.39 is 22.0 Å². The van der Waals surface area contributed by atoms with Gasteiger partial charge in [0, 0.05) is 25.2 Å². The molecule has 0 aliphatic carbocycles. The summed E-state index contributed by atoms with van der Waals surface area (Å²) in [6.45, 7) is 1.91. The van der Waals surface area contributed by atoms with E-state index in [-0.39, 0.29) is 18.0 Å². The maximum Gasteiger partial charge on any atom is 0.328 e. The van der Waals surface area contributed by atoms with Crippen molar-refractivity contribution in [2.45, 2.75) is 24.7 Å². The first kappa shape index (κ1) is 20.6. The van der Waals surface area contributed by atoms with Gasteiger partial charge in [-0.25, -0.2) is 18.0 Å². The molecule has 0 aliphatic heterocycles. The van der Waals surface area contributed by atoms with E-state index in [1.807, 2.05) is 6.92 Å². The lowest BCUT2D eigenvalue weighted by molar-refractivity contribution is -0.132. The lowest BCUT2D eigenvalue weighted by Crippen LogP contribution is -2.32. The molecule has 0 fully saturated rings. The Morgan fingerprint density at radius 3 is 2.16 bits per heavy atom. The standard InChI is InChI=1S/C17H21NO6S/c1-14-8-10-15(11-9-14)25(23,24)18(13-5-7-17(21)22)12-4-2-3-6-16(19)20/h3,5-11H,2,4,12-13H2,1H3,(H,19,20)(H,21,22)/b6-3+,7-5+. The number of unbranched alkanes of at least 4 members (excludes halogenated alkanes) is 1. The van der Waals surface area contributed by atoms with Gasteiger partial charge < -0.3 is 10.2 Å². The molecule has 136 valence electrons. The number of carboxylic acids is 2. The molecular weight excluding hydrogens is 346 g/mol. The highest BCUT2D eigenvalue weighted by atomic mass is 32.2. The average Bonchev–Trinajstić information content (AvgIpc) is 2.52. The molecule has 8 heteroatoms. The maximum atomic E-state index is 12.7. The molecule has 0 saturated heterocycles. The van der Waals surface area contributed by atoms with E-state index in [2.05, 4.69) is 0 Å². The van der Waals surface area contributed by atoms with Crippen LogP contribution < -0.4 is 0 Å². The Morgan fingerprint density at radius 1 is 1.04 bits per heavy atom. The first-order chi connectivity index (χ1) is 11.7. The van der Waals surface area contributed by atoms with Crippen LogP contribution in [0.4, 0.5) is 0 Å². The van der Waals surface area contributed by atoms with Crippen LogP contribution >= 0.6 is 0 Å². The summed E-state index contributed by atoms with van der Waals surface area (Å²) in [5.74, 6) is -2.22. The van der Waals surface area contributed by atoms with Gasteiger partial charge in [0.2, 0.25) is 10.0 Å². The predicted molar refractivity (Wildman–Crippen MR) is 92.7 cm³/mol. The van der Waals surface area contributed by atoms with Crippen LogP contribution in [0, 0.1) is 6.92 Å². The number of benzene rings is 1. The molecule has 0 radical (unpaired) electrons. The second kappa shape index (κ2) is 9.75. The molecule has 7 nitrogen and oxygen atoms in total. The highest BCUT2D eigenvalue weighted by Gasteiger charge is 2.22. The third-order valence-electron chi connectivity index (χ3n) is 3.27. The Balaban J connectivity index is 2.89. The second-order valence-corrected chi connectivity index (χ2v) is 7.24. The molecule has 0 spiro atoms. The van der Waals surface area contributed by atoms with Crippen LogP contribution in [-0.4, -0.2) is 48.0 Å². The number of sulfonamides is 1. The van der Waals surface area contributed by atoms with E-state index in [9.17, 15) is 18.0 Å². The fourth-order valence-corrected chi connectivity index (χ4v) is 3.44. The van der Waals surface area contributed by atoms with E-state index in [1.165, 1.54) is 28.6 Å². The molecule has 0 heterocycles. The quantitative estimate of drug-likeness (QED) is 0.483. The average molecular weight is 367 g/mol. The normalized spacial score (nSPS) is 12.2. The smallest absolute Gasteiger partial charge is 0.328 e. The van der Waals surface area contributed by atoms with Crippen molar-refractivity contribution < 1.29 is 28.2 Å². The van der Waals surface area contributed by atoms with Crippen molar-refractivity contribution in [3.8, 4) is 0 Å². The molecule has 1 aromatic carbocycles. The van der Waals surface area contributed by atoms with Crippen molar-refractivity contribution in [1.29, 1.82) is 0 Å². The van der Waals surface area contributed by atoms with Crippen LogP contribution in [0.5, 0.6) is 0 Å². The molecule has 0 aromatic heterocycles. The number of nitrogens with zero attached hydrogens (tertiary/aromatic N) is 1. The van der Waals surface area contributed by atoms with Crippen molar-refractivity contribution in [1.82, 2.24) is 4.31 Å². The highest BCUT2D eigenvalue weighted by Crippen LogP contribution is 2.17. The third kappa shape index (κ3) is 7.32.